The third-order valence-corrected chi connectivity index (χ3v) is 7.14. The highest BCUT2D eigenvalue weighted by Gasteiger charge is 2.47. The number of ether oxygens (including phenoxy) is 1. The van der Waals surface area contributed by atoms with Gasteiger partial charge in [0, 0.05) is 34.0 Å². The lowest BCUT2D eigenvalue weighted by molar-refractivity contribution is -0.142. The molecule has 4 rings (SSSR count). The van der Waals surface area contributed by atoms with Gasteiger partial charge in [-0.3, -0.25) is 9.69 Å². The molecular weight excluding hydrogens is 392 g/mol. The Labute approximate surface area is 163 Å². The molecule has 0 radical (unpaired) electrons. The van der Waals surface area contributed by atoms with Gasteiger partial charge in [-0.1, -0.05) is 22.9 Å². The number of H-pyrrole nitrogens is 1. The molecule has 4 nitrogen and oxygen atoms in total. The third kappa shape index (κ3) is 2.89. The van der Waals surface area contributed by atoms with E-state index in [1.165, 1.54) is 42.1 Å². The SMILES string of the molecule is CC[C@]1(CCC(=O)OC)CCCN2CCc3c([nH]c4ccc(Br)cc34)[C@@H]21. The molecule has 1 N–H and O–H groups in total. The number of aromatic nitrogens is 1. The predicted octanol–water partition coefficient (Wildman–Crippen LogP) is 4.97. The van der Waals surface area contributed by atoms with E-state index in [1.807, 2.05) is 0 Å². The average molecular weight is 419 g/mol. The number of nitrogens with one attached hydrogen (secondary N) is 1. The maximum absolute atomic E-state index is 11.8. The number of esters is 1. The van der Waals surface area contributed by atoms with Crippen molar-refractivity contribution < 1.29 is 9.53 Å². The Kier molecular flexibility index (Phi) is 4.86. The standard InChI is InChI=1S/C21H27BrN2O2/c1-3-21(10-7-18(25)26-2)9-4-11-24-12-8-15-16-13-14(22)5-6-17(16)23-19(15)20(21)24/h5-6,13,20,23H,3-4,7-12H2,1-2H3/t20-,21-/m1/s1. The number of benzene rings is 1. The smallest absolute Gasteiger partial charge is 0.305 e. The topological polar surface area (TPSA) is 45.3 Å². The van der Waals surface area contributed by atoms with E-state index in [9.17, 15) is 4.79 Å². The molecule has 2 aliphatic heterocycles. The molecule has 2 atom stereocenters. The maximum Gasteiger partial charge on any atom is 0.305 e. The van der Waals surface area contributed by atoms with E-state index in [0.717, 1.165) is 36.8 Å². The maximum atomic E-state index is 11.8. The summed E-state index contributed by atoms with van der Waals surface area (Å²) in [6.07, 6.45) is 5.99. The molecule has 2 aromatic rings. The minimum Gasteiger partial charge on any atom is -0.469 e. The summed E-state index contributed by atoms with van der Waals surface area (Å²) in [7, 11) is 1.49. The number of carbonyl (C=O) groups is 1. The highest BCUT2D eigenvalue weighted by Crippen LogP contribution is 2.53. The van der Waals surface area contributed by atoms with Gasteiger partial charge < -0.3 is 9.72 Å². The quantitative estimate of drug-likeness (QED) is 0.712. The number of hydrogen-bond donors (Lipinski definition) is 1. The van der Waals surface area contributed by atoms with Crippen molar-refractivity contribution in [2.24, 2.45) is 5.41 Å². The Hall–Kier alpha value is -1.33. The third-order valence-electron chi connectivity index (χ3n) is 6.65. The van der Waals surface area contributed by atoms with Crippen LogP contribution in [0.5, 0.6) is 0 Å². The zero-order chi connectivity index (χ0) is 18.3. The van der Waals surface area contributed by atoms with Gasteiger partial charge in [-0.05, 0) is 67.8 Å². The van der Waals surface area contributed by atoms with Crippen LogP contribution in [0.3, 0.4) is 0 Å². The molecule has 3 heterocycles. The summed E-state index contributed by atoms with van der Waals surface area (Å²) < 4.78 is 6.06. The summed E-state index contributed by atoms with van der Waals surface area (Å²) in [5.74, 6) is -0.0911. The highest BCUT2D eigenvalue weighted by atomic mass is 79.9. The van der Waals surface area contributed by atoms with Crippen molar-refractivity contribution in [1.82, 2.24) is 9.88 Å². The molecule has 0 spiro atoms. The van der Waals surface area contributed by atoms with Crippen LogP contribution in [0.25, 0.3) is 10.9 Å². The van der Waals surface area contributed by atoms with E-state index in [1.54, 1.807) is 0 Å². The van der Waals surface area contributed by atoms with E-state index in [2.05, 4.69) is 50.9 Å². The van der Waals surface area contributed by atoms with Crippen molar-refractivity contribution in [1.29, 1.82) is 0 Å². The number of nitrogens with zero attached hydrogens (tertiary/aromatic N) is 1. The predicted molar refractivity (Wildman–Crippen MR) is 107 cm³/mol. The van der Waals surface area contributed by atoms with Gasteiger partial charge in [-0.25, -0.2) is 0 Å². The number of hydrogen-bond acceptors (Lipinski definition) is 3. The van der Waals surface area contributed by atoms with Crippen LogP contribution in [0, 0.1) is 5.41 Å². The fraction of sp³-hybridized carbons (Fsp3) is 0.571. The van der Waals surface area contributed by atoms with E-state index in [-0.39, 0.29) is 11.4 Å². The van der Waals surface area contributed by atoms with Crippen LogP contribution in [0.15, 0.2) is 22.7 Å². The summed E-state index contributed by atoms with van der Waals surface area (Å²) in [6, 6.07) is 6.90. The molecule has 0 aliphatic carbocycles. The Balaban J connectivity index is 1.78. The molecule has 0 saturated carbocycles. The number of fused-ring (bicyclic) bond motifs is 5. The van der Waals surface area contributed by atoms with Crippen molar-refractivity contribution in [3.8, 4) is 0 Å². The first-order valence-electron chi connectivity index (χ1n) is 9.69. The minimum atomic E-state index is -0.0911. The minimum absolute atomic E-state index is 0.0911. The van der Waals surface area contributed by atoms with Crippen LogP contribution < -0.4 is 0 Å². The first kappa shape index (κ1) is 18.1. The Bertz CT molecular complexity index is 831. The monoisotopic (exact) mass is 418 g/mol. The highest BCUT2D eigenvalue weighted by molar-refractivity contribution is 9.10. The van der Waals surface area contributed by atoms with Gasteiger partial charge in [0.1, 0.15) is 0 Å². The van der Waals surface area contributed by atoms with Crippen molar-refractivity contribution in [3.63, 3.8) is 0 Å². The van der Waals surface area contributed by atoms with Gasteiger partial charge in [0.2, 0.25) is 0 Å². The van der Waals surface area contributed by atoms with Crippen LogP contribution in [0.4, 0.5) is 0 Å². The Morgan fingerprint density at radius 2 is 2.27 bits per heavy atom. The number of carbonyl (C=O) groups excluding carboxylic acids is 1. The lowest BCUT2D eigenvalue weighted by Crippen LogP contribution is -2.49. The van der Waals surface area contributed by atoms with Crippen molar-refractivity contribution >= 4 is 32.8 Å². The van der Waals surface area contributed by atoms with Gasteiger partial charge in [0.25, 0.3) is 0 Å². The molecule has 1 aromatic carbocycles. The second-order valence-corrected chi connectivity index (χ2v) is 8.71. The number of rotatable bonds is 4. The van der Waals surface area contributed by atoms with Crippen LogP contribution in [-0.4, -0.2) is 36.1 Å². The summed E-state index contributed by atoms with van der Waals surface area (Å²) in [5, 5.41) is 1.34. The second-order valence-electron chi connectivity index (χ2n) is 7.79. The summed E-state index contributed by atoms with van der Waals surface area (Å²) in [4.78, 5) is 18.3. The summed E-state index contributed by atoms with van der Waals surface area (Å²) in [5.41, 5.74) is 4.22. The van der Waals surface area contributed by atoms with E-state index in [0.29, 0.717) is 12.5 Å². The first-order valence-corrected chi connectivity index (χ1v) is 10.5. The normalized spacial score (nSPS) is 25.7. The van der Waals surface area contributed by atoms with Crippen LogP contribution in [0.2, 0.25) is 0 Å². The van der Waals surface area contributed by atoms with E-state index < -0.39 is 0 Å². The Morgan fingerprint density at radius 3 is 3.04 bits per heavy atom. The molecule has 1 aromatic heterocycles. The molecule has 2 aliphatic rings. The van der Waals surface area contributed by atoms with Gasteiger partial charge in [-0.15, -0.1) is 0 Å². The van der Waals surface area contributed by atoms with Gasteiger partial charge in [0.15, 0.2) is 0 Å². The largest absolute Gasteiger partial charge is 0.469 e. The summed E-state index contributed by atoms with van der Waals surface area (Å²) in [6.45, 7) is 4.55. The molecule has 1 fully saturated rings. The molecule has 0 bridgehead atoms. The van der Waals surface area contributed by atoms with Crippen molar-refractivity contribution in [3.05, 3.63) is 33.9 Å². The van der Waals surface area contributed by atoms with Gasteiger partial charge in [-0.2, -0.15) is 0 Å². The fourth-order valence-electron chi connectivity index (χ4n) is 5.28. The Morgan fingerprint density at radius 1 is 1.42 bits per heavy atom. The lowest BCUT2D eigenvalue weighted by Gasteiger charge is -2.52. The molecule has 1 saturated heterocycles. The molecular formula is C21H27BrN2O2. The molecule has 140 valence electrons. The zero-order valence-corrected chi connectivity index (χ0v) is 17.2. The van der Waals surface area contributed by atoms with Crippen LogP contribution in [-0.2, 0) is 16.0 Å². The second kappa shape index (κ2) is 7.01. The van der Waals surface area contributed by atoms with Crippen molar-refractivity contribution in [2.45, 2.75) is 51.5 Å². The molecule has 26 heavy (non-hydrogen) atoms. The van der Waals surface area contributed by atoms with E-state index >= 15 is 0 Å². The average Bonchev–Trinajstić information content (AvgIpc) is 3.03. The number of halogens is 1. The number of methoxy groups -OCH3 is 1. The number of aromatic amines is 1. The van der Waals surface area contributed by atoms with Gasteiger partial charge in [0.05, 0.1) is 13.2 Å². The van der Waals surface area contributed by atoms with Gasteiger partial charge >= 0.3 is 5.97 Å². The van der Waals surface area contributed by atoms with E-state index in [4.69, 9.17) is 4.74 Å². The zero-order valence-electron chi connectivity index (χ0n) is 15.6. The van der Waals surface area contributed by atoms with Crippen LogP contribution in [0.1, 0.15) is 56.3 Å². The lowest BCUT2D eigenvalue weighted by atomic mass is 9.65. The molecule has 5 heteroatoms. The molecule has 0 amide bonds. The van der Waals surface area contributed by atoms with Crippen LogP contribution >= 0.6 is 15.9 Å². The summed E-state index contributed by atoms with van der Waals surface area (Å²) >= 11 is 3.62. The molecule has 0 unspecified atom stereocenters. The van der Waals surface area contributed by atoms with Crippen molar-refractivity contribution in [2.75, 3.05) is 20.2 Å². The fourth-order valence-corrected chi connectivity index (χ4v) is 5.64. The first-order chi connectivity index (χ1) is 12.6. The number of piperidine rings is 1.